The first-order chi connectivity index (χ1) is 14.5. The van der Waals surface area contributed by atoms with Crippen molar-refractivity contribution >= 4 is 11.6 Å². The Morgan fingerprint density at radius 3 is 2.30 bits per heavy atom. The lowest BCUT2D eigenvalue weighted by atomic mass is 9.76. The lowest BCUT2D eigenvalue weighted by Gasteiger charge is -2.43. The van der Waals surface area contributed by atoms with Gasteiger partial charge in [0.15, 0.2) is 11.5 Å². The molecule has 6 nitrogen and oxygen atoms in total. The molecule has 30 heavy (non-hydrogen) atoms. The Kier molecular flexibility index (Phi) is 6.14. The van der Waals surface area contributed by atoms with Crippen LogP contribution in [0.15, 0.2) is 35.5 Å². The monoisotopic (exact) mass is 411 g/mol. The van der Waals surface area contributed by atoms with Crippen LogP contribution in [0.3, 0.4) is 0 Å². The number of methoxy groups -OCH3 is 2. The third kappa shape index (κ3) is 3.85. The molecule has 1 amide bonds. The average Bonchev–Trinajstić information content (AvgIpc) is 2.79. The molecule has 6 heteroatoms. The summed E-state index contributed by atoms with van der Waals surface area (Å²) in [6.07, 6.45) is 7.91. The number of likely N-dealkylation sites (tertiary alicyclic amines) is 1. The van der Waals surface area contributed by atoms with E-state index in [0.29, 0.717) is 17.5 Å². The summed E-state index contributed by atoms with van der Waals surface area (Å²) < 4.78 is 10.9. The maximum absolute atomic E-state index is 13.4. The van der Waals surface area contributed by atoms with Gasteiger partial charge in [-0.05, 0) is 57.7 Å². The fraction of sp³-hybridized carbons (Fsp3) is 0.583. The Labute approximate surface area is 179 Å². The van der Waals surface area contributed by atoms with Crippen LogP contribution in [0.25, 0.3) is 0 Å². The Bertz CT molecular complexity index is 840. The number of rotatable bonds is 5. The van der Waals surface area contributed by atoms with Gasteiger partial charge in [0, 0.05) is 30.6 Å². The maximum atomic E-state index is 13.4. The number of nitrogens with zero attached hydrogens (tertiary/aromatic N) is 3. The molecule has 0 saturated carbocycles. The molecule has 0 aromatic heterocycles. The quantitative estimate of drug-likeness (QED) is 0.693. The summed E-state index contributed by atoms with van der Waals surface area (Å²) in [5.74, 6) is 1.67. The van der Waals surface area contributed by atoms with Crippen LogP contribution in [-0.4, -0.2) is 60.9 Å². The summed E-state index contributed by atoms with van der Waals surface area (Å²) in [5, 5.41) is 6.82. The van der Waals surface area contributed by atoms with Crippen LogP contribution >= 0.6 is 0 Å². The second-order valence-corrected chi connectivity index (χ2v) is 8.75. The molecule has 0 bridgehead atoms. The summed E-state index contributed by atoms with van der Waals surface area (Å²) in [6.45, 7) is 6.50. The largest absolute Gasteiger partial charge is 0.493 e. The van der Waals surface area contributed by atoms with E-state index >= 15 is 0 Å². The lowest BCUT2D eigenvalue weighted by molar-refractivity contribution is -0.141. The Hall–Kier alpha value is -2.34. The number of hydrogen-bond donors (Lipinski definition) is 0. The SMILES string of the molecule is COc1ccc(C2=NN(C3CCN(C(C)C)CC3)C(=O)C3CC=CCC23)cc1OC. The van der Waals surface area contributed by atoms with E-state index in [1.165, 1.54) is 0 Å². The number of carbonyl (C=O) groups is 1. The van der Waals surface area contributed by atoms with Crippen LogP contribution in [-0.2, 0) is 4.79 Å². The molecular formula is C24H33N3O3. The highest BCUT2D eigenvalue weighted by Gasteiger charge is 2.43. The molecule has 1 aromatic rings. The van der Waals surface area contributed by atoms with Crippen LogP contribution < -0.4 is 9.47 Å². The van der Waals surface area contributed by atoms with Crippen molar-refractivity contribution in [1.29, 1.82) is 0 Å². The molecule has 2 aliphatic heterocycles. The number of allylic oxidation sites excluding steroid dienone is 2. The third-order valence-electron chi connectivity index (χ3n) is 6.80. The van der Waals surface area contributed by atoms with Gasteiger partial charge in [0.25, 0.3) is 0 Å². The number of ether oxygens (including phenoxy) is 2. The van der Waals surface area contributed by atoms with Crippen LogP contribution in [0.1, 0.15) is 45.1 Å². The molecule has 2 unspecified atom stereocenters. The second-order valence-electron chi connectivity index (χ2n) is 8.75. The Morgan fingerprint density at radius 1 is 1.00 bits per heavy atom. The predicted molar refractivity (Wildman–Crippen MR) is 118 cm³/mol. The molecule has 4 rings (SSSR count). The van der Waals surface area contributed by atoms with Crippen molar-refractivity contribution in [2.24, 2.45) is 16.9 Å². The van der Waals surface area contributed by atoms with Crippen molar-refractivity contribution < 1.29 is 14.3 Å². The topological polar surface area (TPSA) is 54.4 Å². The molecule has 162 valence electrons. The van der Waals surface area contributed by atoms with Crippen LogP contribution in [0, 0.1) is 11.8 Å². The zero-order valence-electron chi connectivity index (χ0n) is 18.5. The molecule has 2 atom stereocenters. The minimum atomic E-state index is -0.0290. The van der Waals surface area contributed by atoms with Crippen LogP contribution in [0.4, 0.5) is 0 Å². The molecular weight excluding hydrogens is 378 g/mol. The molecule has 0 spiro atoms. The predicted octanol–water partition coefficient (Wildman–Crippen LogP) is 3.71. The molecule has 2 heterocycles. The average molecular weight is 412 g/mol. The molecule has 1 fully saturated rings. The number of hydrazone groups is 1. The van der Waals surface area contributed by atoms with Gasteiger partial charge >= 0.3 is 0 Å². The summed E-state index contributed by atoms with van der Waals surface area (Å²) in [6, 6.07) is 6.66. The summed E-state index contributed by atoms with van der Waals surface area (Å²) in [5.41, 5.74) is 2.01. The molecule has 1 aromatic carbocycles. The van der Waals surface area contributed by atoms with E-state index in [-0.39, 0.29) is 23.8 Å². The van der Waals surface area contributed by atoms with Crippen molar-refractivity contribution in [3.05, 3.63) is 35.9 Å². The molecule has 3 aliphatic rings. The minimum absolute atomic E-state index is 0.0290. The smallest absolute Gasteiger partial charge is 0.247 e. The van der Waals surface area contributed by atoms with Gasteiger partial charge < -0.3 is 14.4 Å². The summed E-state index contributed by atoms with van der Waals surface area (Å²) in [4.78, 5) is 15.9. The first-order valence-corrected chi connectivity index (χ1v) is 11.1. The normalized spacial score (nSPS) is 25.3. The van der Waals surface area contributed by atoms with Gasteiger partial charge in [-0.25, -0.2) is 5.01 Å². The van der Waals surface area contributed by atoms with E-state index in [1.54, 1.807) is 14.2 Å². The first-order valence-electron chi connectivity index (χ1n) is 11.1. The minimum Gasteiger partial charge on any atom is -0.493 e. The highest BCUT2D eigenvalue weighted by Crippen LogP contribution is 2.38. The van der Waals surface area contributed by atoms with E-state index in [1.807, 2.05) is 23.2 Å². The van der Waals surface area contributed by atoms with Crippen molar-refractivity contribution in [2.45, 2.75) is 51.6 Å². The van der Waals surface area contributed by atoms with Crippen molar-refractivity contribution in [2.75, 3.05) is 27.3 Å². The van der Waals surface area contributed by atoms with Gasteiger partial charge in [0.2, 0.25) is 5.91 Å². The number of piperidine rings is 1. The van der Waals surface area contributed by atoms with Crippen molar-refractivity contribution in [3.8, 4) is 11.5 Å². The third-order valence-corrected chi connectivity index (χ3v) is 6.80. The van der Waals surface area contributed by atoms with Gasteiger partial charge in [-0.3, -0.25) is 4.79 Å². The van der Waals surface area contributed by atoms with E-state index in [4.69, 9.17) is 14.6 Å². The number of amides is 1. The van der Waals surface area contributed by atoms with Crippen LogP contribution in [0.5, 0.6) is 11.5 Å². The molecule has 0 radical (unpaired) electrons. The van der Waals surface area contributed by atoms with E-state index in [0.717, 1.165) is 50.0 Å². The maximum Gasteiger partial charge on any atom is 0.247 e. The molecule has 0 N–H and O–H groups in total. The lowest BCUT2D eigenvalue weighted by Crippen LogP contribution is -2.52. The zero-order chi connectivity index (χ0) is 21.3. The highest BCUT2D eigenvalue weighted by molar-refractivity contribution is 6.07. The van der Waals surface area contributed by atoms with E-state index in [2.05, 4.69) is 30.9 Å². The van der Waals surface area contributed by atoms with E-state index < -0.39 is 0 Å². The Morgan fingerprint density at radius 2 is 1.67 bits per heavy atom. The van der Waals surface area contributed by atoms with E-state index in [9.17, 15) is 4.79 Å². The van der Waals surface area contributed by atoms with Crippen LogP contribution in [0.2, 0.25) is 0 Å². The van der Waals surface area contributed by atoms with Gasteiger partial charge in [0.1, 0.15) is 0 Å². The van der Waals surface area contributed by atoms with Gasteiger partial charge in [-0.2, -0.15) is 5.10 Å². The Balaban J connectivity index is 1.67. The fourth-order valence-corrected chi connectivity index (χ4v) is 4.97. The van der Waals surface area contributed by atoms with Gasteiger partial charge in [-0.1, -0.05) is 12.2 Å². The van der Waals surface area contributed by atoms with Gasteiger partial charge in [-0.15, -0.1) is 0 Å². The fourth-order valence-electron chi connectivity index (χ4n) is 4.97. The number of carbonyl (C=O) groups excluding carboxylic acids is 1. The number of benzene rings is 1. The van der Waals surface area contributed by atoms with Crippen molar-refractivity contribution in [1.82, 2.24) is 9.91 Å². The summed E-state index contributed by atoms with van der Waals surface area (Å²) >= 11 is 0. The van der Waals surface area contributed by atoms with Crippen molar-refractivity contribution in [3.63, 3.8) is 0 Å². The second kappa shape index (κ2) is 8.80. The zero-order valence-corrected chi connectivity index (χ0v) is 18.5. The first kappa shape index (κ1) is 20.9. The standard InChI is InChI=1S/C24H33N3O3/c1-16(2)26-13-11-18(12-14-26)27-24(28)20-8-6-5-7-19(20)23(25-27)17-9-10-21(29-3)22(15-17)30-4/h5-6,9-10,15-16,18-20H,7-8,11-14H2,1-4H3. The summed E-state index contributed by atoms with van der Waals surface area (Å²) in [7, 11) is 3.29. The highest BCUT2D eigenvalue weighted by atomic mass is 16.5. The molecule has 1 saturated heterocycles. The van der Waals surface area contributed by atoms with Gasteiger partial charge in [0.05, 0.1) is 31.9 Å². The molecule has 1 aliphatic carbocycles. The number of fused-ring (bicyclic) bond motifs is 1. The number of hydrogen-bond acceptors (Lipinski definition) is 5.